The molecule has 0 heterocycles. The lowest BCUT2D eigenvalue weighted by atomic mass is 9.85. The van der Waals surface area contributed by atoms with Gasteiger partial charge in [0.15, 0.2) is 0 Å². The molecule has 157 valence electrons. The summed E-state index contributed by atoms with van der Waals surface area (Å²) in [5, 5.41) is 13.4. The van der Waals surface area contributed by atoms with Gasteiger partial charge in [-0.05, 0) is 19.3 Å². The first-order valence-corrected chi connectivity index (χ1v) is 12.4. The van der Waals surface area contributed by atoms with Crippen molar-refractivity contribution < 1.29 is 5.11 Å². The molecule has 0 saturated heterocycles. The van der Waals surface area contributed by atoms with Gasteiger partial charge in [0, 0.05) is 0 Å². The first kappa shape index (κ1) is 26.0. The molecule has 0 saturated carbocycles. The van der Waals surface area contributed by atoms with Crippen molar-refractivity contribution in [3.8, 4) is 0 Å². The van der Waals surface area contributed by atoms with E-state index in [1.807, 2.05) is 0 Å². The minimum Gasteiger partial charge on any atom is -0.229 e. The van der Waals surface area contributed by atoms with Crippen LogP contribution in [0.4, 0.5) is 0 Å². The maximum atomic E-state index is 13.4. The van der Waals surface area contributed by atoms with Gasteiger partial charge in [0.1, 0.15) is 5.60 Å². The Kier molecular flexibility index (Phi) is 19.7. The van der Waals surface area contributed by atoms with Crippen LogP contribution in [0.1, 0.15) is 156 Å². The Hall–Kier alpha value is -0.0400. The van der Waals surface area contributed by atoms with Crippen molar-refractivity contribution in [1.82, 2.24) is 0 Å². The van der Waals surface area contributed by atoms with Gasteiger partial charge in [0.05, 0.1) is 0 Å². The molecule has 0 aromatic heterocycles. The molecular formula is C25H51O. The molecule has 1 nitrogen and oxygen atoms in total. The monoisotopic (exact) mass is 367 g/mol. The molecule has 0 aliphatic carbocycles. The molecule has 0 unspecified atom stereocenters. The van der Waals surface area contributed by atoms with E-state index in [0.29, 0.717) is 0 Å². The normalized spacial score (nSPS) is 12.0. The van der Waals surface area contributed by atoms with Crippen LogP contribution in [0.15, 0.2) is 0 Å². The fourth-order valence-corrected chi connectivity index (χ4v) is 4.06. The van der Waals surface area contributed by atoms with Crippen LogP contribution < -0.4 is 0 Å². The van der Waals surface area contributed by atoms with Crippen LogP contribution in [-0.4, -0.2) is 5.60 Å². The van der Waals surface area contributed by atoms with Crippen LogP contribution in [-0.2, 0) is 5.11 Å². The molecule has 1 radical (unpaired) electrons. The lowest BCUT2D eigenvalue weighted by Crippen LogP contribution is -2.27. The van der Waals surface area contributed by atoms with E-state index in [1.165, 1.54) is 116 Å². The molecule has 1 heteroatoms. The second kappa shape index (κ2) is 19.7. The third kappa shape index (κ3) is 17.4. The summed E-state index contributed by atoms with van der Waals surface area (Å²) < 4.78 is 0. The lowest BCUT2D eigenvalue weighted by Gasteiger charge is -2.26. The molecule has 0 aliphatic heterocycles. The van der Waals surface area contributed by atoms with Crippen molar-refractivity contribution in [1.29, 1.82) is 0 Å². The highest BCUT2D eigenvalue weighted by atomic mass is 16.3. The first-order chi connectivity index (χ1) is 12.7. The maximum Gasteiger partial charge on any atom is 0.104 e. The fraction of sp³-hybridized carbons (Fsp3) is 1.00. The summed E-state index contributed by atoms with van der Waals surface area (Å²) in [5.41, 5.74) is -0.611. The average Bonchev–Trinajstić information content (AvgIpc) is 2.64. The van der Waals surface area contributed by atoms with Gasteiger partial charge in [-0.25, -0.2) is 5.11 Å². The summed E-state index contributed by atoms with van der Waals surface area (Å²) in [4.78, 5) is 0. The highest BCUT2D eigenvalue weighted by Gasteiger charge is 2.27. The van der Waals surface area contributed by atoms with E-state index in [9.17, 15) is 5.11 Å². The molecule has 0 atom stereocenters. The third-order valence-electron chi connectivity index (χ3n) is 5.96. The molecule has 0 fully saturated rings. The van der Waals surface area contributed by atoms with Crippen molar-refractivity contribution in [2.75, 3.05) is 0 Å². The zero-order valence-corrected chi connectivity index (χ0v) is 18.8. The van der Waals surface area contributed by atoms with E-state index in [2.05, 4.69) is 20.8 Å². The molecule has 0 bridgehead atoms. The summed E-state index contributed by atoms with van der Waals surface area (Å²) >= 11 is 0. The molecule has 0 amide bonds. The Labute approximate surface area is 166 Å². The largest absolute Gasteiger partial charge is 0.229 e. The SMILES string of the molecule is CCCCCCCCC([O])(CCCCCCCC)CCCCCCCC. The van der Waals surface area contributed by atoms with Crippen LogP contribution in [0, 0.1) is 0 Å². The van der Waals surface area contributed by atoms with Gasteiger partial charge in [0.25, 0.3) is 0 Å². The van der Waals surface area contributed by atoms with Gasteiger partial charge < -0.3 is 0 Å². The zero-order valence-electron chi connectivity index (χ0n) is 18.8. The van der Waals surface area contributed by atoms with Gasteiger partial charge in [-0.2, -0.15) is 0 Å². The van der Waals surface area contributed by atoms with Gasteiger partial charge in [-0.15, -0.1) is 0 Å². The predicted molar refractivity (Wildman–Crippen MR) is 117 cm³/mol. The lowest BCUT2D eigenvalue weighted by molar-refractivity contribution is -0.0558. The maximum absolute atomic E-state index is 13.4. The summed E-state index contributed by atoms with van der Waals surface area (Å²) in [7, 11) is 0. The van der Waals surface area contributed by atoms with E-state index in [0.717, 1.165) is 19.3 Å². The van der Waals surface area contributed by atoms with Crippen LogP contribution >= 0.6 is 0 Å². The summed E-state index contributed by atoms with van der Waals surface area (Å²) in [6, 6.07) is 0. The van der Waals surface area contributed by atoms with Crippen molar-refractivity contribution in [2.24, 2.45) is 0 Å². The molecule has 0 aliphatic rings. The second-order valence-corrected chi connectivity index (χ2v) is 8.74. The third-order valence-corrected chi connectivity index (χ3v) is 5.96. The Morgan fingerprint density at radius 3 is 0.885 bits per heavy atom. The molecule has 0 spiro atoms. The second-order valence-electron chi connectivity index (χ2n) is 8.74. The summed E-state index contributed by atoms with van der Waals surface area (Å²) in [6.45, 7) is 6.80. The van der Waals surface area contributed by atoms with Crippen molar-refractivity contribution in [3.63, 3.8) is 0 Å². The molecule has 0 N–H and O–H groups in total. The van der Waals surface area contributed by atoms with E-state index < -0.39 is 5.60 Å². The molecule has 0 aromatic rings. The zero-order chi connectivity index (χ0) is 19.3. The van der Waals surface area contributed by atoms with E-state index in [-0.39, 0.29) is 0 Å². The standard InChI is InChI=1S/C25H51O/c1-4-7-10-13-16-19-22-25(26,23-20-17-14-11-8-5-2)24-21-18-15-12-9-6-3/h4-24H2,1-3H3. The number of hydrogen-bond donors (Lipinski definition) is 0. The topological polar surface area (TPSA) is 19.9 Å². The smallest absolute Gasteiger partial charge is 0.104 e. The van der Waals surface area contributed by atoms with Crippen molar-refractivity contribution >= 4 is 0 Å². The Morgan fingerprint density at radius 1 is 0.385 bits per heavy atom. The predicted octanol–water partition coefficient (Wildman–Crippen LogP) is 9.41. The summed E-state index contributed by atoms with van der Waals surface area (Å²) in [6.07, 6.45) is 26.2. The first-order valence-electron chi connectivity index (χ1n) is 12.4. The fourth-order valence-electron chi connectivity index (χ4n) is 4.06. The molecule has 26 heavy (non-hydrogen) atoms. The average molecular weight is 368 g/mol. The minimum atomic E-state index is -0.611. The quantitative estimate of drug-likeness (QED) is 0.180. The highest BCUT2D eigenvalue weighted by molar-refractivity contribution is 4.78. The van der Waals surface area contributed by atoms with Crippen LogP contribution in [0.3, 0.4) is 0 Å². The van der Waals surface area contributed by atoms with Crippen LogP contribution in [0.5, 0.6) is 0 Å². The number of hydrogen-bond acceptors (Lipinski definition) is 0. The van der Waals surface area contributed by atoms with Crippen molar-refractivity contribution in [3.05, 3.63) is 0 Å². The van der Waals surface area contributed by atoms with Gasteiger partial charge >= 0.3 is 0 Å². The molecule has 0 aromatic carbocycles. The van der Waals surface area contributed by atoms with E-state index >= 15 is 0 Å². The number of unbranched alkanes of at least 4 members (excludes halogenated alkanes) is 15. The summed E-state index contributed by atoms with van der Waals surface area (Å²) in [5.74, 6) is 0. The molecule has 0 rings (SSSR count). The highest BCUT2D eigenvalue weighted by Crippen LogP contribution is 2.29. The van der Waals surface area contributed by atoms with E-state index in [1.54, 1.807) is 0 Å². The minimum absolute atomic E-state index is 0.611. The van der Waals surface area contributed by atoms with Crippen LogP contribution in [0.2, 0.25) is 0 Å². The van der Waals surface area contributed by atoms with Gasteiger partial charge in [-0.3, -0.25) is 0 Å². The number of rotatable bonds is 21. The Morgan fingerprint density at radius 2 is 0.615 bits per heavy atom. The van der Waals surface area contributed by atoms with Crippen LogP contribution in [0.25, 0.3) is 0 Å². The Bertz CT molecular complexity index is 220. The van der Waals surface area contributed by atoms with Crippen molar-refractivity contribution in [2.45, 2.75) is 161 Å². The van der Waals surface area contributed by atoms with Gasteiger partial charge in [-0.1, -0.05) is 136 Å². The van der Waals surface area contributed by atoms with E-state index in [4.69, 9.17) is 0 Å². The molecular weight excluding hydrogens is 316 g/mol. The van der Waals surface area contributed by atoms with Gasteiger partial charge in [0.2, 0.25) is 0 Å². The Balaban J connectivity index is 4.02.